The van der Waals surface area contributed by atoms with Crippen molar-refractivity contribution in [3.8, 4) is 0 Å². The van der Waals surface area contributed by atoms with Crippen LogP contribution in [-0.2, 0) is 26.2 Å². The van der Waals surface area contributed by atoms with E-state index >= 15 is 0 Å². The van der Waals surface area contributed by atoms with Crippen LogP contribution in [0.5, 0.6) is 0 Å². The Morgan fingerprint density at radius 2 is 1.57 bits per heavy atom. The number of rotatable bonds is 7. The number of carboxylic acids is 1. The maximum Gasteiger partial charge on any atom is 0.490 e. The van der Waals surface area contributed by atoms with Gasteiger partial charge in [-0.1, -0.05) is 46.3 Å². The molecule has 2 aromatic rings. The van der Waals surface area contributed by atoms with Gasteiger partial charge in [0.25, 0.3) is 0 Å². The first-order chi connectivity index (χ1) is 16.4. The van der Waals surface area contributed by atoms with E-state index in [2.05, 4.69) is 21.2 Å². The van der Waals surface area contributed by atoms with Gasteiger partial charge in [-0.2, -0.15) is 17.5 Å². The molecule has 0 radical (unpaired) electrons. The number of nitrogens with one attached hydrogen (secondary N) is 1. The highest BCUT2D eigenvalue weighted by Gasteiger charge is 2.38. The first-order valence-corrected chi connectivity index (χ1v) is 12.7. The minimum atomic E-state index is -5.08. The van der Waals surface area contributed by atoms with Crippen molar-refractivity contribution in [1.82, 2.24) is 14.5 Å². The molecule has 2 aromatic carbocycles. The van der Waals surface area contributed by atoms with Gasteiger partial charge in [0.15, 0.2) is 0 Å². The molecule has 192 valence electrons. The highest BCUT2D eigenvalue weighted by atomic mass is 79.9. The number of sulfonamides is 1. The smallest absolute Gasteiger partial charge is 0.475 e. The number of benzene rings is 2. The zero-order valence-corrected chi connectivity index (χ0v) is 20.9. The molecule has 3 rings (SSSR count). The summed E-state index contributed by atoms with van der Waals surface area (Å²) in [6, 6.07) is 15.9. The van der Waals surface area contributed by atoms with Gasteiger partial charge in [-0.25, -0.2) is 13.2 Å². The van der Waals surface area contributed by atoms with Crippen molar-refractivity contribution >= 4 is 37.8 Å². The Hall–Kier alpha value is -2.48. The Morgan fingerprint density at radius 3 is 2.09 bits per heavy atom. The van der Waals surface area contributed by atoms with Crippen molar-refractivity contribution in [2.24, 2.45) is 0 Å². The van der Waals surface area contributed by atoms with E-state index in [1.54, 1.807) is 35.2 Å². The van der Waals surface area contributed by atoms with E-state index in [0.717, 1.165) is 23.1 Å². The van der Waals surface area contributed by atoms with E-state index in [0.29, 0.717) is 13.1 Å². The number of piperazine rings is 1. The van der Waals surface area contributed by atoms with Gasteiger partial charge in [0, 0.05) is 50.2 Å². The summed E-state index contributed by atoms with van der Waals surface area (Å²) in [7, 11) is -3.70. The van der Waals surface area contributed by atoms with Gasteiger partial charge in [0.1, 0.15) is 0 Å². The molecule has 0 unspecified atom stereocenters. The number of aliphatic carboxylic acids is 1. The van der Waals surface area contributed by atoms with Crippen molar-refractivity contribution in [3.05, 3.63) is 64.6 Å². The molecular formula is C22H25BrF3N3O5S. The molecule has 2 N–H and O–H groups in total. The van der Waals surface area contributed by atoms with E-state index in [4.69, 9.17) is 9.90 Å². The summed E-state index contributed by atoms with van der Waals surface area (Å²) in [6.07, 6.45) is -4.91. The third kappa shape index (κ3) is 9.24. The molecule has 0 saturated carbocycles. The van der Waals surface area contributed by atoms with Crippen molar-refractivity contribution in [3.63, 3.8) is 0 Å². The average molecular weight is 580 g/mol. The highest BCUT2D eigenvalue weighted by molar-refractivity contribution is 9.10. The highest BCUT2D eigenvalue weighted by Crippen LogP contribution is 2.20. The minimum absolute atomic E-state index is 0.00873. The molecule has 1 amide bonds. The second-order valence-corrected chi connectivity index (χ2v) is 10.3. The van der Waals surface area contributed by atoms with Crippen LogP contribution in [0.1, 0.15) is 12.0 Å². The van der Waals surface area contributed by atoms with E-state index < -0.39 is 22.2 Å². The molecule has 13 heteroatoms. The number of carbonyl (C=O) groups is 2. The molecule has 0 aliphatic carbocycles. The van der Waals surface area contributed by atoms with Crippen LogP contribution in [0.15, 0.2) is 64.0 Å². The van der Waals surface area contributed by atoms with E-state index in [9.17, 15) is 26.4 Å². The predicted molar refractivity (Wildman–Crippen MR) is 126 cm³/mol. The maximum atomic E-state index is 13.2. The van der Waals surface area contributed by atoms with Crippen LogP contribution in [0.4, 0.5) is 13.2 Å². The fourth-order valence-corrected chi connectivity index (χ4v) is 4.83. The lowest BCUT2D eigenvalue weighted by Crippen LogP contribution is -2.47. The number of carbonyl (C=O) groups excluding carboxylic acids is 1. The first-order valence-electron chi connectivity index (χ1n) is 10.5. The van der Waals surface area contributed by atoms with Crippen LogP contribution >= 0.6 is 15.9 Å². The topological polar surface area (TPSA) is 107 Å². The van der Waals surface area contributed by atoms with Gasteiger partial charge >= 0.3 is 12.1 Å². The van der Waals surface area contributed by atoms with E-state index in [1.165, 1.54) is 4.31 Å². The Balaban J connectivity index is 0.000000540. The fraction of sp³-hybridized carbons (Fsp3) is 0.364. The summed E-state index contributed by atoms with van der Waals surface area (Å²) in [5.74, 6) is -2.77. The second kappa shape index (κ2) is 13.0. The third-order valence-electron chi connectivity index (χ3n) is 4.94. The Morgan fingerprint density at radius 1 is 1.03 bits per heavy atom. The summed E-state index contributed by atoms with van der Waals surface area (Å²) in [4.78, 5) is 23.5. The van der Waals surface area contributed by atoms with Crippen molar-refractivity contribution in [1.29, 1.82) is 0 Å². The zero-order chi connectivity index (χ0) is 26.1. The molecule has 0 bridgehead atoms. The summed E-state index contributed by atoms with van der Waals surface area (Å²) >= 11 is 3.39. The summed E-state index contributed by atoms with van der Waals surface area (Å²) in [5, 5.41) is 10.3. The van der Waals surface area contributed by atoms with Gasteiger partial charge in [0.2, 0.25) is 15.9 Å². The number of carboxylic acid groups (broad SMARTS) is 1. The molecule has 0 aromatic heterocycles. The van der Waals surface area contributed by atoms with Gasteiger partial charge in [-0.15, -0.1) is 0 Å². The molecule has 1 fully saturated rings. The monoisotopic (exact) mass is 579 g/mol. The molecular weight excluding hydrogens is 555 g/mol. The van der Waals surface area contributed by atoms with Crippen LogP contribution < -0.4 is 5.32 Å². The van der Waals surface area contributed by atoms with Crippen molar-refractivity contribution in [2.45, 2.75) is 24.0 Å². The Kier molecular flexibility index (Phi) is 10.7. The lowest BCUT2D eigenvalue weighted by molar-refractivity contribution is -0.192. The van der Waals surface area contributed by atoms with Crippen molar-refractivity contribution in [2.75, 3.05) is 32.7 Å². The molecule has 0 spiro atoms. The first kappa shape index (κ1) is 28.8. The quantitative estimate of drug-likeness (QED) is 0.522. The fourth-order valence-electron chi connectivity index (χ4n) is 3.11. The Bertz CT molecular complexity index is 1080. The number of nitrogens with zero attached hydrogens (tertiary/aromatic N) is 2. The SMILES string of the molecule is O=C(CCN(Cc1ccc(Br)cc1)S(=O)(=O)c1ccccc1)N1CCNCC1.O=C(O)C(F)(F)F. The molecule has 1 aliphatic heterocycles. The number of halogens is 4. The van der Waals surface area contributed by atoms with E-state index in [1.807, 2.05) is 24.3 Å². The van der Waals surface area contributed by atoms with Gasteiger partial charge in [-0.05, 0) is 29.8 Å². The number of hydrogen-bond acceptors (Lipinski definition) is 5. The van der Waals surface area contributed by atoms with Crippen LogP contribution in [-0.4, -0.2) is 73.5 Å². The zero-order valence-electron chi connectivity index (χ0n) is 18.5. The second-order valence-electron chi connectivity index (χ2n) is 7.46. The molecule has 0 atom stereocenters. The lowest BCUT2D eigenvalue weighted by atomic mass is 10.2. The lowest BCUT2D eigenvalue weighted by Gasteiger charge is -2.29. The van der Waals surface area contributed by atoms with Gasteiger partial charge in [0.05, 0.1) is 4.90 Å². The summed E-state index contributed by atoms with van der Waals surface area (Å²) < 4.78 is 60.4. The molecule has 1 heterocycles. The van der Waals surface area contributed by atoms with Gasteiger partial charge < -0.3 is 15.3 Å². The van der Waals surface area contributed by atoms with Crippen LogP contribution in [0.3, 0.4) is 0 Å². The van der Waals surface area contributed by atoms with Crippen LogP contribution in [0, 0.1) is 0 Å². The molecule has 35 heavy (non-hydrogen) atoms. The normalized spacial score (nSPS) is 14.3. The summed E-state index contributed by atoms with van der Waals surface area (Å²) in [5.41, 5.74) is 0.873. The number of hydrogen-bond donors (Lipinski definition) is 2. The maximum absolute atomic E-state index is 13.2. The minimum Gasteiger partial charge on any atom is -0.475 e. The van der Waals surface area contributed by atoms with Gasteiger partial charge in [-0.3, -0.25) is 4.79 Å². The number of alkyl halides is 3. The average Bonchev–Trinajstić information content (AvgIpc) is 2.83. The Labute approximate surface area is 209 Å². The largest absolute Gasteiger partial charge is 0.490 e. The van der Waals surface area contributed by atoms with E-state index in [-0.39, 0.29) is 30.3 Å². The standard InChI is InChI=1S/C20H24BrN3O3S.C2HF3O2/c21-18-8-6-17(7-9-18)16-24(28(26,27)19-4-2-1-3-5-19)13-10-20(25)23-14-11-22-12-15-23;3-2(4,5)1(6)7/h1-9,22H,10-16H2;(H,6,7). The third-order valence-corrected chi connectivity index (χ3v) is 7.33. The van der Waals surface area contributed by atoms with Crippen LogP contribution in [0.25, 0.3) is 0 Å². The summed E-state index contributed by atoms with van der Waals surface area (Å²) in [6.45, 7) is 3.25. The molecule has 1 aliphatic rings. The molecule has 1 saturated heterocycles. The van der Waals surface area contributed by atoms with Crippen molar-refractivity contribution < 1.29 is 36.3 Å². The van der Waals surface area contributed by atoms with Crippen LogP contribution in [0.2, 0.25) is 0 Å². The molecule has 8 nitrogen and oxygen atoms in total. The predicted octanol–water partition coefficient (Wildman–Crippen LogP) is 3.10. The number of amides is 1.